The molecular formula is C15H19BrN2S. The average molecular weight is 339 g/mol. The summed E-state index contributed by atoms with van der Waals surface area (Å²) >= 11 is 5.48. The van der Waals surface area contributed by atoms with Crippen molar-refractivity contribution in [2.24, 2.45) is 10.9 Å². The number of anilines is 1. The van der Waals surface area contributed by atoms with Crippen molar-refractivity contribution >= 4 is 38.5 Å². The molecule has 0 radical (unpaired) electrons. The number of benzene rings is 1. The predicted molar refractivity (Wildman–Crippen MR) is 88.1 cm³/mol. The quantitative estimate of drug-likeness (QED) is 0.792. The van der Waals surface area contributed by atoms with Crippen LogP contribution < -0.4 is 5.32 Å². The fraction of sp³-hybridized carbons (Fsp3) is 0.533. The molecule has 2 nitrogen and oxygen atoms in total. The Morgan fingerprint density at radius 3 is 3.05 bits per heavy atom. The second-order valence-corrected chi connectivity index (χ2v) is 7.33. The SMILES string of the molecule is Cc1ccc(Br)c(NC2=NC3CCCCC3CS2)c1. The highest BCUT2D eigenvalue weighted by Gasteiger charge is 2.29. The van der Waals surface area contributed by atoms with Gasteiger partial charge in [0.1, 0.15) is 0 Å². The lowest BCUT2D eigenvalue weighted by atomic mass is 9.86. The maximum absolute atomic E-state index is 4.92. The van der Waals surface area contributed by atoms with Crippen molar-refractivity contribution in [2.75, 3.05) is 11.1 Å². The van der Waals surface area contributed by atoms with Crippen molar-refractivity contribution in [1.29, 1.82) is 0 Å². The maximum atomic E-state index is 4.92. The number of nitrogens with zero attached hydrogens (tertiary/aromatic N) is 1. The van der Waals surface area contributed by atoms with Crippen LogP contribution in [-0.4, -0.2) is 17.0 Å². The summed E-state index contributed by atoms with van der Waals surface area (Å²) in [6.45, 7) is 2.12. The van der Waals surface area contributed by atoms with Gasteiger partial charge in [-0.2, -0.15) is 0 Å². The number of hydrogen-bond donors (Lipinski definition) is 1. The van der Waals surface area contributed by atoms with Crippen molar-refractivity contribution in [3.63, 3.8) is 0 Å². The highest BCUT2D eigenvalue weighted by atomic mass is 79.9. The minimum atomic E-state index is 0.557. The third-order valence-corrected chi connectivity index (χ3v) is 5.72. The summed E-state index contributed by atoms with van der Waals surface area (Å²) in [6, 6.07) is 6.93. The maximum Gasteiger partial charge on any atom is 0.161 e. The zero-order valence-electron chi connectivity index (χ0n) is 11.2. The van der Waals surface area contributed by atoms with Crippen LogP contribution in [0.2, 0.25) is 0 Å². The molecule has 2 aliphatic rings. The lowest BCUT2D eigenvalue weighted by Gasteiger charge is -2.32. The van der Waals surface area contributed by atoms with Gasteiger partial charge in [0.15, 0.2) is 5.17 Å². The number of halogens is 1. The number of aryl methyl sites for hydroxylation is 1. The van der Waals surface area contributed by atoms with Crippen LogP contribution in [0.15, 0.2) is 27.7 Å². The number of fused-ring (bicyclic) bond motifs is 1. The molecule has 0 bridgehead atoms. The number of hydrogen-bond acceptors (Lipinski definition) is 3. The van der Waals surface area contributed by atoms with Crippen molar-refractivity contribution in [3.8, 4) is 0 Å². The molecule has 1 fully saturated rings. The zero-order chi connectivity index (χ0) is 13.2. The van der Waals surface area contributed by atoms with E-state index in [1.54, 1.807) is 0 Å². The molecule has 4 heteroatoms. The van der Waals surface area contributed by atoms with E-state index in [-0.39, 0.29) is 0 Å². The first-order chi connectivity index (χ1) is 9.22. The van der Waals surface area contributed by atoms with Crippen LogP contribution in [0.25, 0.3) is 0 Å². The molecule has 0 saturated heterocycles. The molecule has 1 heterocycles. The van der Waals surface area contributed by atoms with Crippen LogP contribution in [0.5, 0.6) is 0 Å². The summed E-state index contributed by atoms with van der Waals surface area (Å²) in [4.78, 5) is 4.92. The van der Waals surface area contributed by atoms with Gasteiger partial charge in [0, 0.05) is 10.2 Å². The van der Waals surface area contributed by atoms with E-state index < -0.39 is 0 Å². The van der Waals surface area contributed by atoms with Crippen molar-refractivity contribution in [3.05, 3.63) is 28.2 Å². The fourth-order valence-corrected chi connectivity index (χ4v) is 4.34. The molecule has 2 atom stereocenters. The molecule has 1 aromatic rings. The van der Waals surface area contributed by atoms with Gasteiger partial charge in [-0.3, -0.25) is 4.99 Å². The first kappa shape index (κ1) is 13.5. The molecule has 1 saturated carbocycles. The number of rotatable bonds is 1. The molecule has 0 aromatic heterocycles. The van der Waals surface area contributed by atoms with E-state index in [4.69, 9.17) is 4.99 Å². The predicted octanol–water partition coefficient (Wildman–Crippen LogP) is 4.83. The molecule has 1 N–H and O–H groups in total. The van der Waals surface area contributed by atoms with E-state index in [2.05, 4.69) is 46.4 Å². The second kappa shape index (κ2) is 5.88. The third-order valence-electron chi connectivity index (χ3n) is 3.95. The summed E-state index contributed by atoms with van der Waals surface area (Å²) < 4.78 is 1.10. The molecule has 102 valence electrons. The summed E-state index contributed by atoms with van der Waals surface area (Å²) in [5.41, 5.74) is 2.39. The highest BCUT2D eigenvalue weighted by molar-refractivity contribution is 9.10. The molecule has 1 aromatic carbocycles. The van der Waals surface area contributed by atoms with E-state index in [0.29, 0.717) is 6.04 Å². The lowest BCUT2D eigenvalue weighted by Crippen LogP contribution is -2.31. The Balaban J connectivity index is 1.76. The van der Waals surface area contributed by atoms with Gasteiger partial charge in [-0.05, 0) is 59.3 Å². The Labute approximate surface area is 127 Å². The van der Waals surface area contributed by atoms with Gasteiger partial charge in [-0.15, -0.1) is 0 Å². The Hall–Kier alpha value is -0.480. The van der Waals surface area contributed by atoms with Gasteiger partial charge >= 0.3 is 0 Å². The van der Waals surface area contributed by atoms with Crippen LogP contribution in [0, 0.1) is 12.8 Å². The van der Waals surface area contributed by atoms with Gasteiger partial charge < -0.3 is 5.32 Å². The van der Waals surface area contributed by atoms with E-state index >= 15 is 0 Å². The number of thioether (sulfide) groups is 1. The summed E-state index contributed by atoms with van der Waals surface area (Å²) in [6.07, 6.45) is 5.37. The van der Waals surface area contributed by atoms with Gasteiger partial charge in [0.25, 0.3) is 0 Å². The van der Waals surface area contributed by atoms with Gasteiger partial charge in [0.2, 0.25) is 0 Å². The van der Waals surface area contributed by atoms with Crippen molar-refractivity contribution in [2.45, 2.75) is 38.6 Å². The molecule has 1 aliphatic carbocycles. The molecule has 1 aliphatic heterocycles. The summed E-state index contributed by atoms with van der Waals surface area (Å²) in [7, 11) is 0. The highest BCUT2D eigenvalue weighted by Crippen LogP contribution is 2.35. The second-order valence-electron chi connectivity index (χ2n) is 5.47. The molecular weight excluding hydrogens is 320 g/mol. The largest absolute Gasteiger partial charge is 0.334 e. The monoisotopic (exact) mass is 338 g/mol. The van der Waals surface area contributed by atoms with Gasteiger partial charge in [-0.25, -0.2) is 0 Å². The van der Waals surface area contributed by atoms with Crippen LogP contribution >= 0.6 is 27.7 Å². The van der Waals surface area contributed by atoms with Crippen molar-refractivity contribution < 1.29 is 0 Å². The van der Waals surface area contributed by atoms with E-state index in [1.807, 2.05) is 11.8 Å². The Morgan fingerprint density at radius 1 is 1.32 bits per heavy atom. The van der Waals surface area contributed by atoms with Crippen LogP contribution in [-0.2, 0) is 0 Å². The fourth-order valence-electron chi connectivity index (χ4n) is 2.84. The third kappa shape index (κ3) is 3.16. The summed E-state index contributed by atoms with van der Waals surface area (Å²) in [5, 5.41) is 4.58. The number of amidine groups is 1. The van der Waals surface area contributed by atoms with Crippen LogP contribution in [0.1, 0.15) is 31.2 Å². The van der Waals surface area contributed by atoms with E-state index in [1.165, 1.54) is 37.0 Å². The molecule has 2 unspecified atom stereocenters. The minimum Gasteiger partial charge on any atom is -0.334 e. The lowest BCUT2D eigenvalue weighted by molar-refractivity contribution is 0.336. The first-order valence-electron chi connectivity index (χ1n) is 6.96. The van der Waals surface area contributed by atoms with E-state index in [0.717, 1.165) is 21.2 Å². The Bertz CT molecular complexity index is 501. The minimum absolute atomic E-state index is 0.557. The number of aliphatic imine (C=N–C) groups is 1. The van der Waals surface area contributed by atoms with Gasteiger partial charge in [-0.1, -0.05) is 30.7 Å². The Morgan fingerprint density at radius 2 is 2.16 bits per heavy atom. The molecule has 3 rings (SSSR count). The van der Waals surface area contributed by atoms with Crippen LogP contribution in [0.4, 0.5) is 5.69 Å². The standard InChI is InChI=1S/C15H19BrN2S/c1-10-6-7-12(16)14(8-10)18-15-17-13-5-3-2-4-11(13)9-19-15/h6-8,11,13H,2-5,9H2,1H3,(H,17,18). The Kier molecular flexibility index (Phi) is 4.18. The molecule has 0 spiro atoms. The first-order valence-corrected chi connectivity index (χ1v) is 8.74. The normalized spacial score (nSPS) is 26.5. The van der Waals surface area contributed by atoms with Gasteiger partial charge in [0.05, 0.1) is 11.7 Å². The van der Waals surface area contributed by atoms with E-state index in [9.17, 15) is 0 Å². The topological polar surface area (TPSA) is 24.4 Å². The van der Waals surface area contributed by atoms with Crippen LogP contribution in [0.3, 0.4) is 0 Å². The average Bonchev–Trinajstić information content (AvgIpc) is 2.43. The molecule has 0 amide bonds. The summed E-state index contributed by atoms with van der Waals surface area (Å²) in [5.74, 6) is 2.03. The zero-order valence-corrected chi connectivity index (χ0v) is 13.6. The number of nitrogens with one attached hydrogen (secondary N) is 1. The smallest absolute Gasteiger partial charge is 0.161 e. The molecule has 19 heavy (non-hydrogen) atoms. The van der Waals surface area contributed by atoms with Crippen molar-refractivity contribution in [1.82, 2.24) is 0 Å².